The van der Waals surface area contributed by atoms with Crippen molar-refractivity contribution in [3.05, 3.63) is 35.9 Å². The second kappa shape index (κ2) is 8.26. The minimum atomic E-state index is -2.00. The SMILES string of the molecule is NCCCCC(N)(C(=O)O)C(=O)CNC(=O)c1ccccc1. The molecule has 1 rings (SSSR count). The molecule has 120 valence electrons. The number of aliphatic carboxylic acids is 1. The van der Waals surface area contributed by atoms with Crippen molar-refractivity contribution in [3.63, 3.8) is 0 Å². The van der Waals surface area contributed by atoms with Crippen LogP contribution in [0.5, 0.6) is 0 Å². The summed E-state index contributed by atoms with van der Waals surface area (Å²) in [4.78, 5) is 35.2. The van der Waals surface area contributed by atoms with Gasteiger partial charge in [-0.3, -0.25) is 9.59 Å². The fourth-order valence-corrected chi connectivity index (χ4v) is 1.92. The molecule has 0 radical (unpaired) electrons. The Morgan fingerprint density at radius 2 is 1.77 bits per heavy atom. The Bertz CT molecular complexity index is 533. The molecule has 22 heavy (non-hydrogen) atoms. The predicted octanol–water partition coefficient (Wildman–Crippen LogP) is -0.103. The molecule has 1 amide bonds. The molecule has 1 unspecified atom stereocenters. The van der Waals surface area contributed by atoms with Crippen molar-refractivity contribution in [2.45, 2.75) is 24.8 Å². The van der Waals surface area contributed by atoms with E-state index in [4.69, 9.17) is 11.5 Å². The van der Waals surface area contributed by atoms with Crippen LogP contribution >= 0.6 is 0 Å². The van der Waals surface area contributed by atoms with Gasteiger partial charge in [-0.05, 0) is 37.9 Å². The molecule has 0 aliphatic carbocycles. The highest BCUT2D eigenvalue weighted by molar-refractivity contribution is 6.09. The van der Waals surface area contributed by atoms with Crippen LogP contribution in [0.1, 0.15) is 29.6 Å². The third-order valence-electron chi connectivity index (χ3n) is 3.35. The number of rotatable bonds is 9. The Morgan fingerprint density at radius 1 is 1.14 bits per heavy atom. The topological polar surface area (TPSA) is 136 Å². The van der Waals surface area contributed by atoms with Crippen LogP contribution in [-0.2, 0) is 9.59 Å². The van der Waals surface area contributed by atoms with Gasteiger partial charge in [-0.15, -0.1) is 0 Å². The van der Waals surface area contributed by atoms with Crippen molar-refractivity contribution >= 4 is 17.7 Å². The van der Waals surface area contributed by atoms with Crippen molar-refractivity contribution in [1.82, 2.24) is 5.32 Å². The van der Waals surface area contributed by atoms with Gasteiger partial charge in [0.25, 0.3) is 5.91 Å². The summed E-state index contributed by atoms with van der Waals surface area (Å²) in [6.07, 6.45) is 0.993. The molecule has 0 aromatic heterocycles. The molecule has 0 saturated carbocycles. The van der Waals surface area contributed by atoms with Crippen LogP contribution in [0.2, 0.25) is 0 Å². The van der Waals surface area contributed by atoms with Crippen molar-refractivity contribution in [3.8, 4) is 0 Å². The predicted molar refractivity (Wildman–Crippen MR) is 81.2 cm³/mol. The minimum absolute atomic E-state index is 0.0143. The normalized spacial score (nSPS) is 13.2. The summed E-state index contributed by atoms with van der Waals surface area (Å²) >= 11 is 0. The number of carbonyl (C=O) groups excluding carboxylic acids is 2. The maximum absolute atomic E-state index is 12.1. The number of carboxylic acid groups (broad SMARTS) is 1. The largest absolute Gasteiger partial charge is 0.480 e. The summed E-state index contributed by atoms with van der Waals surface area (Å²) in [5, 5.41) is 11.6. The number of nitrogens with one attached hydrogen (secondary N) is 1. The standard InChI is InChI=1S/C15H21N3O4/c16-9-5-4-8-15(17,14(21)22)12(19)10-18-13(20)11-6-2-1-3-7-11/h1-3,6-7H,4-5,8-10,16-17H2,(H,18,20)(H,21,22). The third kappa shape index (κ3) is 4.64. The van der Waals surface area contributed by atoms with Crippen LogP contribution < -0.4 is 16.8 Å². The average molecular weight is 307 g/mol. The molecule has 0 aliphatic rings. The van der Waals surface area contributed by atoms with E-state index in [1.54, 1.807) is 30.3 Å². The number of nitrogens with two attached hydrogens (primary N) is 2. The van der Waals surface area contributed by atoms with Crippen molar-refractivity contribution in [2.75, 3.05) is 13.1 Å². The van der Waals surface area contributed by atoms with E-state index in [0.29, 0.717) is 24.9 Å². The quantitative estimate of drug-likeness (QED) is 0.371. The zero-order chi connectivity index (χ0) is 16.6. The lowest BCUT2D eigenvalue weighted by atomic mass is 9.89. The van der Waals surface area contributed by atoms with Crippen LogP contribution in [0.25, 0.3) is 0 Å². The van der Waals surface area contributed by atoms with E-state index in [0.717, 1.165) is 0 Å². The van der Waals surface area contributed by atoms with Gasteiger partial charge in [0.15, 0.2) is 11.3 Å². The minimum Gasteiger partial charge on any atom is -0.480 e. The van der Waals surface area contributed by atoms with Gasteiger partial charge < -0.3 is 21.9 Å². The Labute approximate surface area is 128 Å². The first-order chi connectivity index (χ1) is 10.4. The zero-order valence-electron chi connectivity index (χ0n) is 12.2. The zero-order valence-corrected chi connectivity index (χ0v) is 12.2. The van der Waals surface area contributed by atoms with Crippen molar-refractivity contribution in [2.24, 2.45) is 11.5 Å². The molecule has 7 nitrogen and oxygen atoms in total. The maximum Gasteiger partial charge on any atom is 0.331 e. The highest BCUT2D eigenvalue weighted by atomic mass is 16.4. The van der Waals surface area contributed by atoms with E-state index in [2.05, 4.69) is 5.32 Å². The fourth-order valence-electron chi connectivity index (χ4n) is 1.92. The molecule has 1 aromatic carbocycles. The number of benzene rings is 1. The molecule has 0 aliphatic heterocycles. The molecule has 0 heterocycles. The summed E-state index contributed by atoms with van der Waals surface area (Å²) in [6.45, 7) is -0.0339. The van der Waals surface area contributed by atoms with Crippen molar-refractivity contribution in [1.29, 1.82) is 0 Å². The van der Waals surface area contributed by atoms with Crippen LogP contribution in [0.3, 0.4) is 0 Å². The van der Waals surface area contributed by atoms with Crippen LogP contribution in [0.15, 0.2) is 30.3 Å². The molecular formula is C15H21N3O4. The van der Waals surface area contributed by atoms with Gasteiger partial charge in [-0.25, -0.2) is 4.79 Å². The van der Waals surface area contributed by atoms with Gasteiger partial charge in [-0.2, -0.15) is 0 Å². The van der Waals surface area contributed by atoms with E-state index in [1.807, 2.05) is 0 Å². The summed E-state index contributed by atoms with van der Waals surface area (Å²) in [5.74, 6) is -2.59. The van der Waals surface area contributed by atoms with E-state index < -0.39 is 29.7 Å². The number of carboxylic acids is 1. The summed E-state index contributed by atoms with van der Waals surface area (Å²) < 4.78 is 0. The number of amides is 1. The van der Waals surface area contributed by atoms with Gasteiger partial charge in [0, 0.05) is 5.56 Å². The molecule has 0 spiro atoms. The first-order valence-corrected chi connectivity index (χ1v) is 7.00. The van der Waals surface area contributed by atoms with Gasteiger partial charge in [-0.1, -0.05) is 18.2 Å². The number of Topliss-reactive ketones (excluding diaryl/α,β-unsaturated/α-hetero) is 1. The number of unbranched alkanes of at least 4 members (excludes halogenated alkanes) is 1. The second-order valence-corrected chi connectivity index (χ2v) is 4.99. The molecule has 0 saturated heterocycles. The van der Waals surface area contributed by atoms with Crippen LogP contribution in [0, 0.1) is 0 Å². The van der Waals surface area contributed by atoms with Crippen LogP contribution in [0.4, 0.5) is 0 Å². The smallest absolute Gasteiger partial charge is 0.331 e. The third-order valence-corrected chi connectivity index (χ3v) is 3.35. The average Bonchev–Trinajstić information content (AvgIpc) is 2.52. The highest BCUT2D eigenvalue weighted by Crippen LogP contribution is 2.13. The molecule has 6 N–H and O–H groups in total. The lowest BCUT2D eigenvalue weighted by Gasteiger charge is -2.23. The Kier molecular flexibility index (Phi) is 6.68. The Morgan fingerprint density at radius 3 is 2.32 bits per heavy atom. The van der Waals surface area contributed by atoms with E-state index in [1.165, 1.54) is 0 Å². The fraction of sp³-hybridized carbons (Fsp3) is 0.400. The number of ketones is 1. The number of hydrogen-bond donors (Lipinski definition) is 4. The lowest BCUT2D eigenvalue weighted by molar-refractivity contribution is -0.148. The monoisotopic (exact) mass is 307 g/mol. The Balaban J connectivity index is 2.64. The van der Waals surface area contributed by atoms with Crippen molar-refractivity contribution < 1.29 is 19.5 Å². The molecule has 0 bridgehead atoms. The van der Waals surface area contributed by atoms with Crippen LogP contribution in [-0.4, -0.2) is 41.4 Å². The first-order valence-electron chi connectivity index (χ1n) is 7.00. The van der Waals surface area contributed by atoms with E-state index in [9.17, 15) is 19.5 Å². The van der Waals surface area contributed by atoms with Gasteiger partial charge >= 0.3 is 5.97 Å². The lowest BCUT2D eigenvalue weighted by Crippen LogP contribution is -2.58. The maximum atomic E-state index is 12.1. The summed E-state index contributed by atoms with van der Waals surface area (Å²) in [5.41, 5.74) is 9.44. The molecule has 1 aromatic rings. The molecule has 0 fully saturated rings. The van der Waals surface area contributed by atoms with Gasteiger partial charge in [0.05, 0.1) is 6.54 Å². The van der Waals surface area contributed by atoms with Gasteiger partial charge in [0.1, 0.15) is 0 Å². The van der Waals surface area contributed by atoms with E-state index in [-0.39, 0.29) is 6.42 Å². The molecule has 1 atom stereocenters. The van der Waals surface area contributed by atoms with Gasteiger partial charge in [0.2, 0.25) is 0 Å². The number of carbonyl (C=O) groups is 3. The molecular weight excluding hydrogens is 286 g/mol. The summed E-state index contributed by atoms with van der Waals surface area (Å²) in [7, 11) is 0. The number of hydrogen-bond acceptors (Lipinski definition) is 5. The second-order valence-electron chi connectivity index (χ2n) is 4.99. The molecule has 7 heteroatoms. The Hall–Kier alpha value is -2.25. The summed E-state index contributed by atoms with van der Waals surface area (Å²) in [6, 6.07) is 8.32. The highest BCUT2D eigenvalue weighted by Gasteiger charge is 2.41. The van der Waals surface area contributed by atoms with E-state index >= 15 is 0 Å². The first kappa shape index (κ1) is 17.8.